The first-order chi connectivity index (χ1) is 24.7. The lowest BCUT2D eigenvalue weighted by atomic mass is 9.92. The molecule has 9 aromatic rings. The van der Waals surface area contributed by atoms with E-state index in [-0.39, 0.29) is 0 Å². The van der Waals surface area contributed by atoms with E-state index in [0.717, 1.165) is 77.2 Å². The van der Waals surface area contributed by atoms with Crippen molar-refractivity contribution in [2.24, 2.45) is 0 Å². The van der Waals surface area contributed by atoms with Crippen LogP contribution in [0.1, 0.15) is 11.1 Å². The first-order valence-electron chi connectivity index (χ1n) is 16.3. The van der Waals surface area contributed by atoms with Crippen LogP contribution in [0.3, 0.4) is 0 Å². The smallest absolute Gasteiger partial charge is 0.189 e. The number of fused-ring (bicyclic) bond motifs is 6. The molecule has 0 atom stereocenters. The molecule has 0 fully saturated rings. The molecule has 0 aliphatic heterocycles. The van der Waals surface area contributed by atoms with E-state index in [0.29, 0.717) is 16.8 Å². The van der Waals surface area contributed by atoms with Gasteiger partial charge in [0.2, 0.25) is 0 Å². The summed E-state index contributed by atoms with van der Waals surface area (Å²) < 4.78 is 4.48. The fourth-order valence-electron chi connectivity index (χ4n) is 7.38. The number of aromatic nitrogens is 2. The monoisotopic (exact) mass is 635 g/mol. The maximum atomic E-state index is 9.97. The maximum Gasteiger partial charge on any atom is 0.189 e. The molecule has 0 saturated carbocycles. The molecule has 0 radical (unpaired) electrons. The minimum Gasteiger partial charge on any atom is -0.310 e. The van der Waals surface area contributed by atoms with E-state index in [1.165, 1.54) is 0 Å². The Morgan fingerprint density at radius 2 is 1.08 bits per heavy atom. The number of nitriles is 2. The van der Waals surface area contributed by atoms with Crippen LogP contribution in [0, 0.1) is 29.2 Å². The van der Waals surface area contributed by atoms with Crippen LogP contribution >= 0.6 is 0 Å². The molecule has 2 heterocycles. The van der Waals surface area contributed by atoms with Crippen LogP contribution in [0.15, 0.2) is 152 Å². The van der Waals surface area contributed by atoms with Crippen molar-refractivity contribution in [2.75, 3.05) is 0 Å². The SMILES string of the molecule is [C-]#[N+]c1ccc2c3ccccc3n(-c3ccccc3-c3ccc(C#N)cc3-c3ccc(-n4c5ccccc5c5cc(C#N)ccc54)cc3)c2c1. The second kappa shape index (κ2) is 11.4. The van der Waals surface area contributed by atoms with Crippen molar-refractivity contribution in [3.63, 3.8) is 0 Å². The highest BCUT2D eigenvalue weighted by Gasteiger charge is 2.19. The topological polar surface area (TPSA) is 61.8 Å². The van der Waals surface area contributed by atoms with Crippen LogP contribution in [0.2, 0.25) is 0 Å². The standard InChI is InChI=1S/C45H25N5/c1-48-32-18-22-38-36-9-3-7-13-43(36)50(45(38)26-32)42-12-6-2-8-35(42)34-21-14-29(27-46)24-39(34)31-16-19-33(20-17-31)49-41-11-5-4-10-37(41)40-25-30(28-47)15-23-44(40)49/h2-26H. The molecule has 7 aromatic carbocycles. The van der Waals surface area contributed by atoms with Crippen molar-refractivity contribution < 1.29 is 0 Å². The molecule has 5 nitrogen and oxygen atoms in total. The van der Waals surface area contributed by atoms with E-state index in [4.69, 9.17) is 6.57 Å². The fraction of sp³-hybridized carbons (Fsp3) is 0. The van der Waals surface area contributed by atoms with Crippen LogP contribution in [-0.2, 0) is 0 Å². The summed E-state index contributed by atoms with van der Waals surface area (Å²) in [5, 5.41) is 23.9. The summed E-state index contributed by atoms with van der Waals surface area (Å²) >= 11 is 0. The van der Waals surface area contributed by atoms with Gasteiger partial charge in [0, 0.05) is 38.3 Å². The van der Waals surface area contributed by atoms with Crippen LogP contribution < -0.4 is 0 Å². The third-order valence-corrected chi connectivity index (χ3v) is 9.61. The van der Waals surface area contributed by atoms with Crippen molar-refractivity contribution in [3.05, 3.63) is 174 Å². The molecule has 0 N–H and O–H groups in total. The number of hydrogen-bond acceptors (Lipinski definition) is 2. The van der Waals surface area contributed by atoms with E-state index in [1.807, 2.05) is 91.0 Å². The predicted molar refractivity (Wildman–Crippen MR) is 202 cm³/mol. The summed E-state index contributed by atoms with van der Waals surface area (Å²) in [5.41, 5.74) is 11.9. The average Bonchev–Trinajstić information content (AvgIpc) is 3.69. The molecule has 0 spiro atoms. The molecule has 0 amide bonds. The third-order valence-electron chi connectivity index (χ3n) is 9.61. The summed E-state index contributed by atoms with van der Waals surface area (Å²) in [6, 6.07) is 55.6. The van der Waals surface area contributed by atoms with Gasteiger partial charge in [-0.15, -0.1) is 0 Å². The Balaban J connectivity index is 1.24. The molecule has 0 unspecified atom stereocenters. The molecule has 50 heavy (non-hydrogen) atoms. The van der Waals surface area contributed by atoms with Gasteiger partial charge in [0.25, 0.3) is 0 Å². The highest BCUT2D eigenvalue weighted by atomic mass is 15.0. The van der Waals surface area contributed by atoms with Crippen molar-refractivity contribution >= 4 is 49.3 Å². The van der Waals surface area contributed by atoms with E-state index in [2.05, 4.69) is 86.8 Å². The number of benzene rings is 7. The zero-order valence-electron chi connectivity index (χ0n) is 26.7. The second-order valence-electron chi connectivity index (χ2n) is 12.3. The third kappa shape index (κ3) is 4.38. The molecular formula is C45H25N5. The fourth-order valence-corrected chi connectivity index (χ4v) is 7.38. The van der Waals surface area contributed by atoms with E-state index < -0.39 is 0 Å². The van der Waals surface area contributed by atoms with Crippen molar-refractivity contribution in [2.45, 2.75) is 0 Å². The zero-order valence-corrected chi connectivity index (χ0v) is 26.7. The van der Waals surface area contributed by atoms with Gasteiger partial charge < -0.3 is 9.13 Å². The summed E-state index contributed by atoms with van der Waals surface area (Å²) in [5.74, 6) is 0. The quantitative estimate of drug-likeness (QED) is 0.181. The Bertz CT molecular complexity index is 2960. The van der Waals surface area contributed by atoms with E-state index in [9.17, 15) is 10.5 Å². The Morgan fingerprint density at radius 1 is 0.460 bits per heavy atom. The van der Waals surface area contributed by atoms with Gasteiger partial charge in [0.1, 0.15) is 0 Å². The molecule has 0 bridgehead atoms. The highest BCUT2D eigenvalue weighted by molar-refractivity contribution is 6.11. The molecule has 0 aliphatic carbocycles. The van der Waals surface area contributed by atoms with Crippen LogP contribution in [0.4, 0.5) is 5.69 Å². The summed E-state index contributed by atoms with van der Waals surface area (Å²) in [7, 11) is 0. The Hall–Kier alpha value is -7.39. The second-order valence-corrected chi connectivity index (χ2v) is 12.3. The average molecular weight is 636 g/mol. The van der Waals surface area contributed by atoms with Gasteiger partial charge in [-0.25, -0.2) is 4.85 Å². The van der Waals surface area contributed by atoms with Crippen molar-refractivity contribution in [1.82, 2.24) is 9.13 Å². The molecular weight excluding hydrogens is 611 g/mol. The predicted octanol–water partition coefficient (Wildman–Crippen LogP) is 11.5. The van der Waals surface area contributed by atoms with E-state index in [1.54, 1.807) is 0 Å². The summed E-state index contributed by atoms with van der Waals surface area (Å²) in [6.45, 7) is 7.70. The van der Waals surface area contributed by atoms with Crippen LogP contribution in [-0.4, -0.2) is 9.13 Å². The van der Waals surface area contributed by atoms with Gasteiger partial charge in [0.05, 0.1) is 52.1 Å². The lowest BCUT2D eigenvalue weighted by molar-refractivity contribution is 1.18. The lowest BCUT2D eigenvalue weighted by Gasteiger charge is -2.18. The number of para-hydroxylation sites is 3. The zero-order chi connectivity index (χ0) is 33.8. The largest absolute Gasteiger partial charge is 0.310 e. The number of hydrogen-bond donors (Lipinski definition) is 0. The van der Waals surface area contributed by atoms with Gasteiger partial charge in [-0.05, 0) is 83.4 Å². The highest BCUT2D eigenvalue weighted by Crippen LogP contribution is 2.41. The normalized spacial score (nSPS) is 11.1. The van der Waals surface area contributed by atoms with Gasteiger partial charge in [0.15, 0.2) is 5.69 Å². The Labute approximate surface area is 288 Å². The number of nitrogens with zero attached hydrogens (tertiary/aromatic N) is 5. The minimum absolute atomic E-state index is 0.583. The maximum absolute atomic E-state index is 9.97. The molecule has 0 saturated heterocycles. The first kappa shape index (κ1) is 28.8. The van der Waals surface area contributed by atoms with Gasteiger partial charge in [-0.2, -0.15) is 10.5 Å². The summed E-state index contributed by atoms with van der Waals surface area (Å²) in [6.07, 6.45) is 0. The number of rotatable bonds is 4. The van der Waals surface area contributed by atoms with Crippen LogP contribution in [0.25, 0.3) is 82.1 Å². The van der Waals surface area contributed by atoms with Crippen LogP contribution in [0.5, 0.6) is 0 Å². The van der Waals surface area contributed by atoms with Gasteiger partial charge in [-0.3, -0.25) is 0 Å². The van der Waals surface area contributed by atoms with E-state index >= 15 is 0 Å². The van der Waals surface area contributed by atoms with Crippen molar-refractivity contribution in [3.8, 4) is 45.8 Å². The van der Waals surface area contributed by atoms with Gasteiger partial charge >= 0.3 is 0 Å². The molecule has 0 aliphatic rings. The molecule has 230 valence electrons. The Morgan fingerprint density at radius 3 is 1.84 bits per heavy atom. The minimum atomic E-state index is 0.583. The van der Waals surface area contributed by atoms with Gasteiger partial charge in [-0.1, -0.05) is 84.9 Å². The van der Waals surface area contributed by atoms with Crippen molar-refractivity contribution in [1.29, 1.82) is 10.5 Å². The molecule has 5 heteroatoms. The lowest BCUT2D eigenvalue weighted by Crippen LogP contribution is -1.98. The summed E-state index contributed by atoms with van der Waals surface area (Å²) in [4.78, 5) is 3.74. The Kier molecular flexibility index (Phi) is 6.56. The molecule has 2 aromatic heterocycles. The first-order valence-corrected chi connectivity index (χ1v) is 16.3. The molecule has 9 rings (SSSR count).